The number of halogens is 3. The van der Waals surface area contributed by atoms with Crippen molar-refractivity contribution < 1.29 is 22.7 Å². The summed E-state index contributed by atoms with van der Waals surface area (Å²) >= 11 is 0. The molecule has 2 unspecified atom stereocenters. The summed E-state index contributed by atoms with van der Waals surface area (Å²) in [4.78, 5) is 18.3. The van der Waals surface area contributed by atoms with Gasteiger partial charge in [-0.05, 0) is 75.5 Å². The van der Waals surface area contributed by atoms with E-state index in [9.17, 15) is 18.0 Å². The maximum Gasteiger partial charge on any atom is 0.433 e. The number of pyridine rings is 1. The molecule has 2 bridgehead atoms. The summed E-state index contributed by atoms with van der Waals surface area (Å²) < 4.78 is 41.5. The number of carbonyl (C=O) groups is 1. The summed E-state index contributed by atoms with van der Waals surface area (Å²) in [5.41, 5.74) is 3.31. The van der Waals surface area contributed by atoms with Gasteiger partial charge in [0.15, 0.2) is 6.29 Å². The highest BCUT2D eigenvalue weighted by Crippen LogP contribution is 2.38. The standard InChI is InChI=1S/C19H30N2O.C7H4F3NO/c1-6-9-22-19-8-7-18(13(2)14(19)3)15(4)21-12-16-10-17(21)11-20(16)5;8-7(9,10)6-2-1-5(4-12)3-11-6/h7-8,15-17H,6,9-12H2,1-5H3;1-4H/t15-,16?,17?;/m0./s1. The van der Waals surface area contributed by atoms with Crippen LogP contribution in [0.2, 0.25) is 0 Å². The van der Waals surface area contributed by atoms with Crippen LogP contribution in [0.3, 0.4) is 0 Å². The van der Waals surface area contributed by atoms with E-state index in [4.69, 9.17) is 4.74 Å². The minimum atomic E-state index is -4.44. The number of rotatable bonds is 6. The largest absolute Gasteiger partial charge is 0.493 e. The van der Waals surface area contributed by atoms with Crippen LogP contribution in [0.25, 0.3) is 0 Å². The maximum absolute atomic E-state index is 11.9. The van der Waals surface area contributed by atoms with Crippen molar-refractivity contribution in [3.8, 4) is 5.75 Å². The molecule has 0 radical (unpaired) electrons. The Morgan fingerprint density at radius 3 is 2.38 bits per heavy atom. The molecular formula is C26H34F3N3O2. The molecule has 3 heterocycles. The zero-order chi connectivity index (χ0) is 25.0. The zero-order valence-corrected chi connectivity index (χ0v) is 20.5. The van der Waals surface area contributed by atoms with E-state index < -0.39 is 11.9 Å². The SMILES string of the molecule is CCCOc1ccc([C@H](C)N2CC3CC2CN3C)c(C)c1C.O=Cc1ccc(C(F)(F)F)nc1. The number of likely N-dealkylation sites (N-methyl/N-ethyl adjacent to an activating group) is 1. The lowest BCUT2D eigenvalue weighted by molar-refractivity contribution is -0.141. The summed E-state index contributed by atoms with van der Waals surface area (Å²) in [5.74, 6) is 1.05. The van der Waals surface area contributed by atoms with E-state index in [1.807, 2.05) is 0 Å². The number of hydrogen-bond donors (Lipinski definition) is 0. The van der Waals surface area contributed by atoms with Crippen LogP contribution in [0, 0.1) is 13.8 Å². The number of piperazine rings is 1. The number of hydrogen-bond acceptors (Lipinski definition) is 5. The predicted molar refractivity (Wildman–Crippen MR) is 126 cm³/mol. The van der Waals surface area contributed by atoms with Crippen LogP contribution in [0.4, 0.5) is 13.2 Å². The number of alkyl halides is 3. The van der Waals surface area contributed by atoms with Gasteiger partial charge >= 0.3 is 6.18 Å². The second-order valence-electron chi connectivity index (χ2n) is 9.20. The molecule has 0 spiro atoms. The Bertz CT molecular complexity index is 976. The first kappa shape index (κ1) is 26.2. The summed E-state index contributed by atoms with van der Waals surface area (Å²) in [6.45, 7) is 12.2. The van der Waals surface area contributed by atoms with Gasteiger partial charge < -0.3 is 9.64 Å². The van der Waals surface area contributed by atoms with Gasteiger partial charge in [-0.2, -0.15) is 13.2 Å². The van der Waals surface area contributed by atoms with Crippen molar-refractivity contribution in [3.05, 3.63) is 58.4 Å². The second-order valence-corrected chi connectivity index (χ2v) is 9.20. The molecule has 1 aromatic heterocycles. The van der Waals surface area contributed by atoms with Gasteiger partial charge in [0, 0.05) is 43.0 Å². The average molecular weight is 478 g/mol. The van der Waals surface area contributed by atoms with E-state index in [0.29, 0.717) is 12.3 Å². The fourth-order valence-corrected chi connectivity index (χ4v) is 4.83. The van der Waals surface area contributed by atoms with E-state index in [-0.39, 0.29) is 5.56 Å². The third-order valence-electron chi connectivity index (χ3n) is 6.96. The van der Waals surface area contributed by atoms with Gasteiger partial charge in [0.05, 0.1) is 6.61 Å². The molecule has 2 aromatic rings. The lowest BCUT2D eigenvalue weighted by atomic mass is 9.96. The summed E-state index contributed by atoms with van der Waals surface area (Å²) in [5, 5.41) is 0. The van der Waals surface area contributed by atoms with Gasteiger partial charge in [0.1, 0.15) is 11.4 Å². The highest BCUT2D eigenvalue weighted by atomic mass is 19.4. The lowest BCUT2D eigenvalue weighted by Crippen LogP contribution is -2.45. The van der Waals surface area contributed by atoms with Crippen LogP contribution < -0.4 is 4.74 Å². The number of nitrogens with zero attached hydrogens (tertiary/aromatic N) is 3. The van der Waals surface area contributed by atoms with Gasteiger partial charge in [0.25, 0.3) is 0 Å². The molecule has 3 atom stereocenters. The van der Waals surface area contributed by atoms with Crippen molar-refractivity contribution in [2.24, 2.45) is 0 Å². The first-order valence-corrected chi connectivity index (χ1v) is 11.7. The van der Waals surface area contributed by atoms with Crippen molar-refractivity contribution in [1.29, 1.82) is 0 Å². The minimum Gasteiger partial charge on any atom is -0.493 e. The molecule has 0 aliphatic carbocycles. The first-order chi connectivity index (χ1) is 16.1. The number of ether oxygens (including phenoxy) is 1. The fourth-order valence-electron chi connectivity index (χ4n) is 4.83. The third kappa shape index (κ3) is 5.78. The van der Waals surface area contributed by atoms with E-state index >= 15 is 0 Å². The lowest BCUT2D eigenvalue weighted by Gasteiger charge is -2.37. The molecule has 2 fully saturated rings. The van der Waals surface area contributed by atoms with Gasteiger partial charge in [0.2, 0.25) is 0 Å². The molecule has 4 rings (SSSR count). The highest BCUT2D eigenvalue weighted by Gasteiger charge is 2.43. The monoisotopic (exact) mass is 477 g/mol. The first-order valence-electron chi connectivity index (χ1n) is 11.7. The van der Waals surface area contributed by atoms with E-state index in [1.54, 1.807) is 0 Å². The summed E-state index contributed by atoms with van der Waals surface area (Å²) in [7, 11) is 2.27. The second kappa shape index (κ2) is 10.9. The van der Waals surface area contributed by atoms with Crippen LogP contribution in [0.15, 0.2) is 30.5 Å². The molecule has 2 aliphatic heterocycles. The number of aldehydes is 1. The Morgan fingerprint density at radius 2 is 1.88 bits per heavy atom. The third-order valence-corrected chi connectivity index (χ3v) is 6.96. The van der Waals surface area contributed by atoms with Crippen LogP contribution in [-0.4, -0.2) is 59.9 Å². The van der Waals surface area contributed by atoms with Gasteiger partial charge in [-0.3, -0.25) is 14.7 Å². The Labute approximate surface area is 199 Å². The molecule has 8 heteroatoms. The van der Waals surface area contributed by atoms with Crippen LogP contribution in [-0.2, 0) is 6.18 Å². The molecule has 0 N–H and O–H groups in total. The molecule has 34 heavy (non-hydrogen) atoms. The van der Waals surface area contributed by atoms with E-state index in [1.165, 1.54) is 36.2 Å². The average Bonchev–Trinajstić information content (AvgIpc) is 3.39. The molecule has 5 nitrogen and oxygen atoms in total. The van der Waals surface area contributed by atoms with Crippen molar-refractivity contribution in [1.82, 2.24) is 14.8 Å². The number of likely N-dealkylation sites (tertiary alicyclic amines) is 2. The maximum atomic E-state index is 11.9. The smallest absolute Gasteiger partial charge is 0.433 e. The summed E-state index contributed by atoms with van der Waals surface area (Å²) in [6, 6.07) is 8.30. The number of carbonyl (C=O) groups excluding carboxylic acids is 1. The Morgan fingerprint density at radius 1 is 1.15 bits per heavy atom. The quantitative estimate of drug-likeness (QED) is 0.518. The molecule has 0 amide bonds. The molecule has 186 valence electrons. The van der Waals surface area contributed by atoms with Crippen LogP contribution >= 0.6 is 0 Å². The van der Waals surface area contributed by atoms with Crippen molar-refractivity contribution >= 4 is 6.29 Å². The van der Waals surface area contributed by atoms with Crippen LogP contribution in [0.5, 0.6) is 5.75 Å². The number of aromatic nitrogens is 1. The fraction of sp³-hybridized carbons (Fsp3) is 0.538. The van der Waals surface area contributed by atoms with Gasteiger partial charge in [-0.25, -0.2) is 0 Å². The van der Waals surface area contributed by atoms with Crippen molar-refractivity contribution in [3.63, 3.8) is 0 Å². The number of benzene rings is 1. The topological polar surface area (TPSA) is 45.7 Å². The molecule has 1 aromatic carbocycles. The normalized spacial score (nSPS) is 21.2. The Kier molecular flexibility index (Phi) is 8.36. The van der Waals surface area contributed by atoms with Gasteiger partial charge in [-0.1, -0.05) is 13.0 Å². The van der Waals surface area contributed by atoms with E-state index in [0.717, 1.165) is 49.2 Å². The molecular weight excluding hydrogens is 443 g/mol. The minimum absolute atomic E-state index is 0.128. The summed E-state index contributed by atoms with van der Waals surface area (Å²) in [6.07, 6.45) is -0.720. The van der Waals surface area contributed by atoms with Crippen LogP contribution in [0.1, 0.15) is 65.5 Å². The van der Waals surface area contributed by atoms with Crippen molar-refractivity contribution in [2.45, 2.75) is 64.8 Å². The van der Waals surface area contributed by atoms with E-state index in [2.05, 4.69) is 61.7 Å². The highest BCUT2D eigenvalue weighted by molar-refractivity contribution is 5.73. The molecule has 2 aliphatic rings. The molecule has 2 saturated heterocycles. The van der Waals surface area contributed by atoms with Crippen molar-refractivity contribution in [2.75, 3.05) is 26.7 Å². The Hall–Kier alpha value is -2.45. The van der Waals surface area contributed by atoms with Gasteiger partial charge in [-0.15, -0.1) is 0 Å². The zero-order valence-electron chi connectivity index (χ0n) is 20.5. The Balaban J connectivity index is 0.000000229. The predicted octanol–water partition coefficient (Wildman–Crippen LogP) is 5.45. The molecule has 0 saturated carbocycles. The number of fused-ring (bicyclic) bond motifs is 2.